The fourth-order valence-electron chi connectivity index (χ4n) is 2.89. The van der Waals surface area contributed by atoms with Gasteiger partial charge in [-0.15, -0.1) is 5.10 Å². The number of para-hydroxylation sites is 1. The fourth-order valence-corrected chi connectivity index (χ4v) is 3.05. The lowest BCUT2D eigenvalue weighted by Crippen LogP contribution is -2.22. The van der Waals surface area contributed by atoms with Crippen molar-refractivity contribution in [1.29, 1.82) is 0 Å². The van der Waals surface area contributed by atoms with Gasteiger partial charge in [0.25, 0.3) is 11.7 Å². The quantitative estimate of drug-likeness (QED) is 0.436. The monoisotopic (exact) mass is 450 g/mol. The molecule has 0 aliphatic carbocycles. The summed E-state index contributed by atoms with van der Waals surface area (Å²) < 4.78 is 20.4. The number of hydrogen-bond acceptors (Lipinski definition) is 5. The van der Waals surface area contributed by atoms with E-state index in [4.69, 9.17) is 16.3 Å². The summed E-state index contributed by atoms with van der Waals surface area (Å²) in [5, 5.41) is 6.78. The zero-order valence-electron chi connectivity index (χ0n) is 16.5. The molecule has 9 heteroatoms. The number of carbonyl (C=O) groups is 2. The van der Waals surface area contributed by atoms with Crippen molar-refractivity contribution in [3.05, 3.63) is 95.5 Å². The SMILES string of the molecule is O=C(COC(=O)c1nc(-c2ccccc2)n(-c2ccccc2)n1)Nc1ccc(Cl)cc1F. The molecule has 160 valence electrons. The highest BCUT2D eigenvalue weighted by molar-refractivity contribution is 6.30. The molecule has 0 saturated carbocycles. The second kappa shape index (κ2) is 9.40. The molecular formula is C23H16ClFN4O3. The summed E-state index contributed by atoms with van der Waals surface area (Å²) in [6.45, 7) is -0.637. The van der Waals surface area contributed by atoms with E-state index < -0.39 is 24.3 Å². The van der Waals surface area contributed by atoms with Crippen LogP contribution < -0.4 is 5.32 Å². The molecule has 0 aliphatic rings. The highest BCUT2D eigenvalue weighted by atomic mass is 35.5. The first kappa shape index (κ1) is 21.2. The molecule has 1 aromatic heterocycles. The molecule has 0 bridgehead atoms. The largest absolute Gasteiger partial charge is 0.450 e. The van der Waals surface area contributed by atoms with E-state index in [1.807, 2.05) is 60.7 Å². The minimum absolute atomic E-state index is 0.0757. The normalized spacial score (nSPS) is 10.6. The van der Waals surface area contributed by atoms with E-state index >= 15 is 0 Å². The summed E-state index contributed by atoms with van der Waals surface area (Å²) in [6, 6.07) is 22.2. The Bertz CT molecular complexity index is 1210. The first-order valence-electron chi connectivity index (χ1n) is 9.51. The van der Waals surface area contributed by atoms with Crippen LogP contribution >= 0.6 is 11.6 Å². The van der Waals surface area contributed by atoms with Crippen LogP contribution in [0.25, 0.3) is 17.1 Å². The Labute approximate surface area is 187 Å². The Morgan fingerprint density at radius 1 is 1.00 bits per heavy atom. The molecule has 0 unspecified atom stereocenters. The number of nitrogens with one attached hydrogen (secondary N) is 1. The van der Waals surface area contributed by atoms with Crippen molar-refractivity contribution >= 4 is 29.2 Å². The molecule has 0 spiro atoms. The van der Waals surface area contributed by atoms with E-state index in [0.717, 1.165) is 11.6 Å². The summed E-state index contributed by atoms with van der Waals surface area (Å²) in [5.74, 6) is -2.07. The zero-order chi connectivity index (χ0) is 22.5. The number of halogens is 2. The van der Waals surface area contributed by atoms with Gasteiger partial charge in [-0.25, -0.2) is 18.9 Å². The number of ether oxygens (including phenoxy) is 1. The van der Waals surface area contributed by atoms with Crippen molar-refractivity contribution in [2.45, 2.75) is 0 Å². The number of nitrogens with zero attached hydrogens (tertiary/aromatic N) is 3. The van der Waals surface area contributed by atoms with E-state index in [1.54, 1.807) is 0 Å². The van der Waals surface area contributed by atoms with Gasteiger partial charge in [-0.1, -0.05) is 60.1 Å². The maximum Gasteiger partial charge on any atom is 0.378 e. The third kappa shape index (κ3) is 4.81. The summed E-state index contributed by atoms with van der Waals surface area (Å²) in [6.07, 6.45) is 0. The lowest BCUT2D eigenvalue weighted by Gasteiger charge is -2.06. The molecule has 0 radical (unpaired) electrons. The van der Waals surface area contributed by atoms with Gasteiger partial charge < -0.3 is 10.1 Å². The standard InChI is InChI=1S/C23H16ClFN4O3/c24-16-11-12-19(18(25)13-16)26-20(30)14-32-23(31)21-27-22(15-7-3-1-4-8-15)29(28-21)17-9-5-2-6-10-17/h1-13H,14H2,(H,26,30). The first-order chi connectivity index (χ1) is 15.5. The van der Waals surface area contributed by atoms with Crippen LogP contribution in [0.3, 0.4) is 0 Å². The van der Waals surface area contributed by atoms with Gasteiger partial charge in [-0.05, 0) is 30.3 Å². The number of hydrogen-bond donors (Lipinski definition) is 1. The molecule has 0 atom stereocenters. The Kier molecular flexibility index (Phi) is 6.23. The number of esters is 1. The summed E-state index contributed by atoms with van der Waals surface area (Å²) in [4.78, 5) is 28.9. The van der Waals surface area contributed by atoms with Crippen LogP contribution in [0.5, 0.6) is 0 Å². The van der Waals surface area contributed by atoms with Gasteiger partial charge in [-0.3, -0.25) is 4.79 Å². The number of anilines is 1. The van der Waals surface area contributed by atoms with Crippen molar-refractivity contribution < 1.29 is 18.7 Å². The molecule has 4 rings (SSSR count). The van der Waals surface area contributed by atoms with Crippen molar-refractivity contribution in [1.82, 2.24) is 14.8 Å². The fraction of sp³-hybridized carbons (Fsp3) is 0.0435. The lowest BCUT2D eigenvalue weighted by molar-refractivity contribution is -0.119. The summed E-state index contributed by atoms with van der Waals surface area (Å²) >= 11 is 5.69. The van der Waals surface area contributed by atoms with Gasteiger partial charge in [0.05, 0.1) is 11.4 Å². The topological polar surface area (TPSA) is 86.1 Å². The molecule has 7 nitrogen and oxygen atoms in total. The van der Waals surface area contributed by atoms with Crippen molar-refractivity contribution in [3.8, 4) is 17.1 Å². The predicted molar refractivity (Wildman–Crippen MR) is 117 cm³/mol. The van der Waals surface area contributed by atoms with Crippen LogP contribution in [0.2, 0.25) is 5.02 Å². The molecule has 0 aliphatic heterocycles. The molecule has 1 N–H and O–H groups in total. The van der Waals surface area contributed by atoms with E-state index in [0.29, 0.717) is 11.5 Å². The van der Waals surface area contributed by atoms with Crippen molar-refractivity contribution in [3.63, 3.8) is 0 Å². The van der Waals surface area contributed by atoms with Crippen LogP contribution in [0, 0.1) is 5.82 Å². The molecule has 1 heterocycles. The molecule has 32 heavy (non-hydrogen) atoms. The summed E-state index contributed by atoms with van der Waals surface area (Å²) in [5.41, 5.74) is 1.38. The lowest BCUT2D eigenvalue weighted by atomic mass is 10.2. The first-order valence-corrected chi connectivity index (χ1v) is 9.89. The second-order valence-corrected chi connectivity index (χ2v) is 7.06. The van der Waals surface area contributed by atoms with Gasteiger partial charge in [0.2, 0.25) is 0 Å². The average Bonchev–Trinajstić information content (AvgIpc) is 3.26. The van der Waals surface area contributed by atoms with Crippen LogP contribution in [0.4, 0.5) is 10.1 Å². The Hall–Kier alpha value is -4.04. The van der Waals surface area contributed by atoms with Gasteiger partial charge in [-0.2, -0.15) is 0 Å². The number of carbonyl (C=O) groups excluding carboxylic acids is 2. The molecule has 1 amide bonds. The van der Waals surface area contributed by atoms with Crippen LogP contribution in [-0.2, 0) is 9.53 Å². The highest BCUT2D eigenvalue weighted by Gasteiger charge is 2.21. The smallest absolute Gasteiger partial charge is 0.378 e. The molecule has 0 saturated heterocycles. The molecule has 4 aromatic rings. The van der Waals surface area contributed by atoms with Crippen LogP contribution in [0.15, 0.2) is 78.9 Å². The Morgan fingerprint density at radius 2 is 1.69 bits per heavy atom. The third-order valence-electron chi connectivity index (χ3n) is 4.36. The number of aromatic nitrogens is 3. The molecule has 0 fully saturated rings. The van der Waals surface area contributed by atoms with E-state index in [-0.39, 0.29) is 16.5 Å². The highest BCUT2D eigenvalue weighted by Crippen LogP contribution is 2.21. The number of rotatable bonds is 6. The minimum Gasteiger partial charge on any atom is -0.450 e. The number of amides is 1. The average molecular weight is 451 g/mol. The van der Waals surface area contributed by atoms with Crippen molar-refractivity contribution in [2.24, 2.45) is 0 Å². The van der Waals surface area contributed by atoms with Crippen LogP contribution in [-0.4, -0.2) is 33.2 Å². The van der Waals surface area contributed by atoms with Gasteiger partial charge in [0.15, 0.2) is 12.4 Å². The van der Waals surface area contributed by atoms with E-state index in [9.17, 15) is 14.0 Å². The zero-order valence-corrected chi connectivity index (χ0v) is 17.3. The Morgan fingerprint density at radius 3 is 2.38 bits per heavy atom. The van der Waals surface area contributed by atoms with Gasteiger partial charge in [0, 0.05) is 10.6 Å². The van der Waals surface area contributed by atoms with Crippen LogP contribution in [0.1, 0.15) is 10.6 Å². The predicted octanol–water partition coefficient (Wildman–Crippen LogP) is 4.52. The molecular weight excluding hydrogens is 435 g/mol. The van der Waals surface area contributed by atoms with Gasteiger partial charge >= 0.3 is 5.97 Å². The number of benzene rings is 3. The second-order valence-electron chi connectivity index (χ2n) is 6.62. The van der Waals surface area contributed by atoms with Gasteiger partial charge in [0.1, 0.15) is 5.82 Å². The third-order valence-corrected chi connectivity index (χ3v) is 4.60. The minimum atomic E-state index is -0.886. The maximum atomic E-state index is 13.8. The summed E-state index contributed by atoms with van der Waals surface area (Å²) in [7, 11) is 0. The van der Waals surface area contributed by atoms with E-state index in [1.165, 1.54) is 16.8 Å². The van der Waals surface area contributed by atoms with Crippen molar-refractivity contribution in [2.75, 3.05) is 11.9 Å². The Balaban J connectivity index is 1.51. The molecule has 3 aromatic carbocycles. The van der Waals surface area contributed by atoms with E-state index in [2.05, 4.69) is 15.4 Å². The maximum absolute atomic E-state index is 13.8.